The molecule has 1 aromatic carbocycles. The number of Topliss-reactive ketones (excluding diaryl/α,β-unsaturated/α-hetero) is 1. The standard InChI is InChI=1S/C25H26N6O5/c1-4-29-23(33)20(21(26)30(25(29)35)13-16-8-6-5-7-9-16)19(32)14-36-24(34)18-10-17-12-28-31(15(2)3)22(17)27-11-18/h5-12,15H,4,13-14,26H2,1-3H3. The number of nitrogens with zero attached hydrogens (tertiary/aromatic N) is 5. The number of carbonyl (C=O) groups excluding carboxylic acids is 2. The molecule has 0 spiro atoms. The lowest BCUT2D eigenvalue weighted by Gasteiger charge is -2.16. The van der Waals surface area contributed by atoms with E-state index in [-0.39, 0.29) is 30.5 Å². The van der Waals surface area contributed by atoms with Crippen molar-refractivity contribution in [3.8, 4) is 0 Å². The van der Waals surface area contributed by atoms with E-state index in [1.807, 2.05) is 19.9 Å². The minimum atomic E-state index is -0.824. The van der Waals surface area contributed by atoms with Crippen molar-refractivity contribution in [2.75, 3.05) is 12.3 Å². The van der Waals surface area contributed by atoms with E-state index in [1.54, 1.807) is 48.1 Å². The summed E-state index contributed by atoms with van der Waals surface area (Å²) in [6.07, 6.45) is 2.93. The van der Waals surface area contributed by atoms with Gasteiger partial charge in [-0.15, -0.1) is 0 Å². The van der Waals surface area contributed by atoms with Crippen LogP contribution in [-0.4, -0.2) is 42.3 Å². The number of carbonyl (C=O) groups is 2. The second-order valence-corrected chi connectivity index (χ2v) is 8.48. The van der Waals surface area contributed by atoms with E-state index < -0.39 is 35.2 Å². The van der Waals surface area contributed by atoms with Crippen molar-refractivity contribution in [3.05, 3.63) is 86.3 Å². The van der Waals surface area contributed by atoms with E-state index in [9.17, 15) is 19.2 Å². The fourth-order valence-corrected chi connectivity index (χ4v) is 3.89. The maximum atomic E-state index is 13.0. The van der Waals surface area contributed by atoms with Gasteiger partial charge in [0.2, 0.25) is 5.78 Å². The molecule has 0 fully saturated rings. The molecule has 0 bridgehead atoms. The fraction of sp³-hybridized carbons (Fsp3) is 0.280. The Kier molecular flexibility index (Phi) is 6.82. The van der Waals surface area contributed by atoms with Gasteiger partial charge in [0, 0.05) is 24.2 Å². The molecule has 4 rings (SSSR count). The largest absolute Gasteiger partial charge is 0.454 e. The summed E-state index contributed by atoms with van der Waals surface area (Å²) in [5, 5.41) is 4.91. The van der Waals surface area contributed by atoms with Gasteiger partial charge >= 0.3 is 11.7 Å². The van der Waals surface area contributed by atoms with Gasteiger partial charge in [-0.25, -0.2) is 19.3 Å². The SMILES string of the molecule is CCn1c(=O)c(C(=O)COC(=O)c2cnc3c(cnn3C(C)C)c2)c(N)n(Cc2ccccc2)c1=O. The van der Waals surface area contributed by atoms with Crippen molar-refractivity contribution in [1.29, 1.82) is 0 Å². The van der Waals surface area contributed by atoms with Crippen LogP contribution in [0.2, 0.25) is 0 Å². The number of ketones is 1. The first kappa shape index (κ1) is 24.6. The second kappa shape index (κ2) is 9.98. The Hall–Kier alpha value is -4.54. The molecule has 0 atom stereocenters. The minimum Gasteiger partial charge on any atom is -0.454 e. The maximum Gasteiger partial charge on any atom is 0.340 e. The monoisotopic (exact) mass is 490 g/mol. The molecular weight excluding hydrogens is 464 g/mol. The third-order valence-corrected chi connectivity index (χ3v) is 5.74. The van der Waals surface area contributed by atoms with E-state index >= 15 is 0 Å². The first-order valence-corrected chi connectivity index (χ1v) is 11.4. The van der Waals surface area contributed by atoms with Crippen LogP contribution < -0.4 is 17.0 Å². The molecule has 11 nitrogen and oxygen atoms in total. The van der Waals surface area contributed by atoms with E-state index in [4.69, 9.17) is 10.5 Å². The van der Waals surface area contributed by atoms with Crippen LogP contribution in [0.5, 0.6) is 0 Å². The number of esters is 1. The zero-order valence-electron chi connectivity index (χ0n) is 20.2. The molecule has 2 N–H and O–H groups in total. The van der Waals surface area contributed by atoms with Gasteiger partial charge in [0.25, 0.3) is 5.56 Å². The van der Waals surface area contributed by atoms with Gasteiger partial charge in [0.1, 0.15) is 11.4 Å². The number of aromatic nitrogens is 5. The number of nitrogens with two attached hydrogens (primary N) is 1. The molecule has 0 saturated heterocycles. The number of fused-ring (bicyclic) bond motifs is 1. The predicted molar refractivity (Wildman–Crippen MR) is 133 cm³/mol. The van der Waals surface area contributed by atoms with E-state index in [0.29, 0.717) is 11.0 Å². The molecule has 11 heteroatoms. The second-order valence-electron chi connectivity index (χ2n) is 8.48. The Morgan fingerprint density at radius 3 is 2.47 bits per heavy atom. The van der Waals surface area contributed by atoms with Crippen molar-refractivity contribution in [2.45, 2.75) is 39.9 Å². The molecular formula is C25H26N6O5. The van der Waals surface area contributed by atoms with Gasteiger partial charge in [-0.05, 0) is 32.4 Å². The summed E-state index contributed by atoms with van der Waals surface area (Å²) in [6, 6.07) is 10.7. The summed E-state index contributed by atoms with van der Waals surface area (Å²) in [7, 11) is 0. The molecule has 0 aliphatic rings. The van der Waals surface area contributed by atoms with Crippen LogP contribution in [0.15, 0.2) is 58.4 Å². The van der Waals surface area contributed by atoms with Crippen LogP contribution in [0.25, 0.3) is 11.0 Å². The van der Waals surface area contributed by atoms with Crippen LogP contribution in [0.4, 0.5) is 5.82 Å². The summed E-state index contributed by atoms with van der Waals surface area (Å²) in [5.41, 5.74) is 5.80. The van der Waals surface area contributed by atoms with Gasteiger partial charge in [0.15, 0.2) is 12.3 Å². The third-order valence-electron chi connectivity index (χ3n) is 5.74. The zero-order valence-corrected chi connectivity index (χ0v) is 20.2. The Morgan fingerprint density at radius 2 is 1.81 bits per heavy atom. The summed E-state index contributed by atoms with van der Waals surface area (Å²) in [6.45, 7) is 4.93. The smallest absolute Gasteiger partial charge is 0.340 e. The van der Waals surface area contributed by atoms with Crippen LogP contribution >= 0.6 is 0 Å². The highest BCUT2D eigenvalue weighted by atomic mass is 16.5. The van der Waals surface area contributed by atoms with Crippen LogP contribution in [-0.2, 0) is 17.8 Å². The fourth-order valence-electron chi connectivity index (χ4n) is 3.89. The van der Waals surface area contributed by atoms with Crippen molar-refractivity contribution >= 4 is 28.6 Å². The lowest BCUT2D eigenvalue weighted by Crippen LogP contribution is -2.44. The molecule has 3 heterocycles. The zero-order chi connectivity index (χ0) is 26.0. The highest BCUT2D eigenvalue weighted by Gasteiger charge is 2.24. The Labute approximate surface area is 205 Å². The van der Waals surface area contributed by atoms with Gasteiger partial charge < -0.3 is 10.5 Å². The number of hydrogen-bond donors (Lipinski definition) is 1. The van der Waals surface area contributed by atoms with Crippen molar-refractivity contribution in [1.82, 2.24) is 23.9 Å². The summed E-state index contributed by atoms with van der Waals surface area (Å²) in [4.78, 5) is 55.6. The quantitative estimate of drug-likeness (QED) is 0.292. The van der Waals surface area contributed by atoms with Crippen LogP contribution in [0.1, 0.15) is 53.1 Å². The normalized spacial score (nSPS) is 11.2. The van der Waals surface area contributed by atoms with Gasteiger partial charge in [-0.1, -0.05) is 30.3 Å². The highest BCUT2D eigenvalue weighted by molar-refractivity contribution is 6.02. The Morgan fingerprint density at radius 1 is 1.08 bits per heavy atom. The molecule has 36 heavy (non-hydrogen) atoms. The lowest BCUT2D eigenvalue weighted by molar-refractivity contribution is 0.0474. The topological polar surface area (TPSA) is 144 Å². The van der Waals surface area contributed by atoms with Gasteiger partial charge in [0.05, 0.1) is 18.3 Å². The molecule has 0 aliphatic carbocycles. The number of benzene rings is 1. The molecule has 186 valence electrons. The van der Waals surface area contributed by atoms with Crippen molar-refractivity contribution in [3.63, 3.8) is 0 Å². The molecule has 0 radical (unpaired) electrons. The molecule has 0 saturated carbocycles. The lowest BCUT2D eigenvalue weighted by atomic mass is 10.1. The highest BCUT2D eigenvalue weighted by Crippen LogP contribution is 2.17. The van der Waals surface area contributed by atoms with Gasteiger partial charge in [-0.3, -0.25) is 18.7 Å². The average Bonchev–Trinajstić information content (AvgIpc) is 3.30. The average molecular weight is 491 g/mol. The van der Waals surface area contributed by atoms with E-state index in [2.05, 4.69) is 10.1 Å². The Balaban J connectivity index is 1.59. The number of hydrogen-bond acceptors (Lipinski definition) is 8. The summed E-state index contributed by atoms with van der Waals surface area (Å²) < 4.78 is 8.99. The predicted octanol–water partition coefficient (Wildman–Crippen LogP) is 2.03. The number of pyridine rings is 1. The Bertz CT molecular complexity index is 1570. The van der Waals surface area contributed by atoms with Crippen molar-refractivity contribution < 1.29 is 14.3 Å². The van der Waals surface area contributed by atoms with Crippen LogP contribution in [0.3, 0.4) is 0 Å². The summed E-state index contributed by atoms with van der Waals surface area (Å²) in [5.74, 6) is -1.87. The number of rotatable bonds is 8. The third kappa shape index (κ3) is 4.54. The number of anilines is 1. The number of nitrogen functional groups attached to an aromatic ring is 1. The minimum absolute atomic E-state index is 0.0442. The van der Waals surface area contributed by atoms with Crippen LogP contribution in [0, 0.1) is 0 Å². The van der Waals surface area contributed by atoms with Crippen molar-refractivity contribution in [2.24, 2.45) is 0 Å². The number of ether oxygens (including phenoxy) is 1. The van der Waals surface area contributed by atoms with Gasteiger partial charge in [-0.2, -0.15) is 5.10 Å². The molecule has 3 aromatic heterocycles. The molecule has 0 aliphatic heterocycles. The first-order chi connectivity index (χ1) is 17.2. The van der Waals surface area contributed by atoms with E-state index in [1.165, 1.54) is 10.8 Å². The first-order valence-electron chi connectivity index (χ1n) is 11.4. The molecule has 0 unspecified atom stereocenters. The molecule has 4 aromatic rings. The van der Waals surface area contributed by atoms with E-state index in [0.717, 1.165) is 10.1 Å². The molecule has 0 amide bonds. The maximum absolute atomic E-state index is 13.0. The summed E-state index contributed by atoms with van der Waals surface area (Å²) >= 11 is 0.